The first-order valence-corrected chi connectivity index (χ1v) is 6.15. The largest absolute Gasteiger partial charge is 0.487 e. The van der Waals surface area contributed by atoms with Crippen molar-refractivity contribution in [3.63, 3.8) is 0 Å². The first-order chi connectivity index (χ1) is 8.24. The average Bonchev–Trinajstić information content (AvgIpc) is 2.75. The van der Waals surface area contributed by atoms with Crippen LogP contribution in [0.3, 0.4) is 0 Å². The summed E-state index contributed by atoms with van der Waals surface area (Å²) < 4.78 is 7.43. The molecule has 1 heterocycles. The molecule has 0 atom stereocenters. The topological polar surface area (TPSA) is 64.3 Å². The summed E-state index contributed by atoms with van der Waals surface area (Å²) in [6.07, 6.45) is 9.83. The summed E-state index contributed by atoms with van der Waals surface area (Å²) >= 11 is 0. The van der Waals surface area contributed by atoms with Crippen LogP contribution in [0.2, 0.25) is 0 Å². The molecule has 0 amide bonds. The molecule has 0 spiro atoms. The minimum atomic E-state index is -0.810. The Morgan fingerprint density at radius 3 is 2.94 bits per heavy atom. The van der Waals surface area contributed by atoms with Crippen molar-refractivity contribution in [2.45, 2.75) is 51.2 Å². The molecule has 1 aromatic heterocycles. The van der Waals surface area contributed by atoms with Gasteiger partial charge >= 0.3 is 5.97 Å². The minimum Gasteiger partial charge on any atom is -0.487 e. The van der Waals surface area contributed by atoms with Gasteiger partial charge in [-0.2, -0.15) is 5.10 Å². The van der Waals surface area contributed by atoms with E-state index in [9.17, 15) is 4.79 Å². The summed E-state index contributed by atoms with van der Waals surface area (Å²) in [4.78, 5) is 10.4. The van der Waals surface area contributed by atoms with Gasteiger partial charge in [-0.15, -0.1) is 0 Å². The summed E-state index contributed by atoms with van der Waals surface area (Å²) in [6, 6.07) is 0. The van der Waals surface area contributed by atoms with E-state index in [4.69, 9.17) is 9.84 Å². The third-order valence-electron chi connectivity index (χ3n) is 3.02. The van der Waals surface area contributed by atoms with Gasteiger partial charge in [-0.3, -0.25) is 9.48 Å². The molecule has 0 radical (unpaired) electrons. The fraction of sp³-hybridized carbons (Fsp3) is 0.667. The van der Waals surface area contributed by atoms with E-state index in [0.717, 1.165) is 18.6 Å². The highest BCUT2D eigenvalue weighted by Crippen LogP contribution is 2.22. The molecule has 0 saturated heterocycles. The van der Waals surface area contributed by atoms with Gasteiger partial charge in [0.05, 0.1) is 31.5 Å². The molecule has 1 saturated carbocycles. The highest BCUT2D eigenvalue weighted by molar-refractivity contribution is 5.66. The molecule has 5 nitrogen and oxygen atoms in total. The molecule has 94 valence electrons. The Balaban J connectivity index is 1.82. The third-order valence-corrected chi connectivity index (χ3v) is 3.02. The maximum atomic E-state index is 10.4. The van der Waals surface area contributed by atoms with E-state index in [-0.39, 0.29) is 6.42 Å². The van der Waals surface area contributed by atoms with Gasteiger partial charge in [-0.1, -0.05) is 6.42 Å². The number of hydrogen-bond donors (Lipinski definition) is 1. The monoisotopic (exact) mass is 238 g/mol. The zero-order chi connectivity index (χ0) is 12.1. The van der Waals surface area contributed by atoms with Crippen LogP contribution in [0, 0.1) is 0 Å². The standard InChI is InChI=1S/C12H18N2O3/c15-12(16)6-7-14-9-11(8-13-14)17-10-4-2-1-3-5-10/h8-10H,1-7H2,(H,15,16). The van der Waals surface area contributed by atoms with Gasteiger partial charge in [0.2, 0.25) is 0 Å². The molecular weight excluding hydrogens is 220 g/mol. The molecule has 5 heteroatoms. The normalized spacial score (nSPS) is 16.9. The summed E-state index contributed by atoms with van der Waals surface area (Å²) in [5, 5.41) is 12.7. The molecule has 1 fully saturated rings. The molecule has 17 heavy (non-hydrogen) atoms. The molecule has 1 N–H and O–H groups in total. The lowest BCUT2D eigenvalue weighted by atomic mass is 9.98. The van der Waals surface area contributed by atoms with Crippen molar-refractivity contribution in [1.29, 1.82) is 0 Å². The van der Waals surface area contributed by atoms with Crippen LogP contribution in [-0.4, -0.2) is 27.0 Å². The van der Waals surface area contributed by atoms with E-state index in [2.05, 4.69) is 5.10 Å². The maximum Gasteiger partial charge on any atom is 0.305 e. The smallest absolute Gasteiger partial charge is 0.305 e. The Bertz CT molecular complexity index is 370. The van der Waals surface area contributed by atoms with Gasteiger partial charge in [-0.25, -0.2) is 0 Å². The van der Waals surface area contributed by atoms with E-state index >= 15 is 0 Å². The number of carboxylic acid groups (broad SMARTS) is 1. The highest BCUT2D eigenvalue weighted by atomic mass is 16.5. The van der Waals surface area contributed by atoms with Crippen LogP contribution in [-0.2, 0) is 11.3 Å². The molecule has 2 rings (SSSR count). The first-order valence-electron chi connectivity index (χ1n) is 6.15. The van der Waals surface area contributed by atoms with Crippen molar-refractivity contribution in [3.8, 4) is 5.75 Å². The van der Waals surface area contributed by atoms with E-state index in [1.54, 1.807) is 17.1 Å². The van der Waals surface area contributed by atoms with Crippen molar-refractivity contribution in [2.24, 2.45) is 0 Å². The molecular formula is C12H18N2O3. The Morgan fingerprint density at radius 1 is 1.47 bits per heavy atom. The molecule has 1 aromatic rings. The van der Waals surface area contributed by atoms with Crippen LogP contribution < -0.4 is 4.74 Å². The summed E-state index contributed by atoms with van der Waals surface area (Å²) in [5.74, 6) is -0.0578. The van der Waals surface area contributed by atoms with Crippen LogP contribution >= 0.6 is 0 Å². The Kier molecular flexibility index (Phi) is 4.01. The van der Waals surface area contributed by atoms with Gasteiger partial charge < -0.3 is 9.84 Å². The Labute approximate surface area is 100 Å². The van der Waals surface area contributed by atoms with Crippen LogP contribution in [0.1, 0.15) is 38.5 Å². The number of aliphatic carboxylic acids is 1. The summed E-state index contributed by atoms with van der Waals surface area (Å²) in [7, 11) is 0. The number of rotatable bonds is 5. The first kappa shape index (κ1) is 12.0. The molecule has 0 bridgehead atoms. The second-order valence-electron chi connectivity index (χ2n) is 4.46. The van der Waals surface area contributed by atoms with Crippen molar-refractivity contribution < 1.29 is 14.6 Å². The fourth-order valence-corrected chi connectivity index (χ4v) is 2.11. The number of carboxylic acids is 1. The molecule has 1 aliphatic carbocycles. The van der Waals surface area contributed by atoms with E-state index < -0.39 is 5.97 Å². The van der Waals surface area contributed by atoms with E-state index in [1.807, 2.05) is 0 Å². The number of nitrogens with zero attached hydrogens (tertiary/aromatic N) is 2. The molecule has 0 aliphatic heterocycles. The van der Waals surface area contributed by atoms with Crippen LogP contribution in [0.5, 0.6) is 5.75 Å². The van der Waals surface area contributed by atoms with Crippen molar-refractivity contribution in [2.75, 3.05) is 0 Å². The second kappa shape index (κ2) is 5.70. The summed E-state index contributed by atoms with van der Waals surface area (Å²) in [5.41, 5.74) is 0. The molecule has 0 aromatic carbocycles. The van der Waals surface area contributed by atoms with Gasteiger partial charge in [0.1, 0.15) is 0 Å². The zero-order valence-electron chi connectivity index (χ0n) is 9.84. The Hall–Kier alpha value is -1.52. The van der Waals surface area contributed by atoms with Gasteiger partial charge in [0.15, 0.2) is 5.75 Å². The van der Waals surface area contributed by atoms with Gasteiger partial charge in [0, 0.05) is 0 Å². The quantitative estimate of drug-likeness (QED) is 0.852. The predicted molar refractivity (Wildman–Crippen MR) is 62.0 cm³/mol. The maximum absolute atomic E-state index is 10.4. The summed E-state index contributed by atoms with van der Waals surface area (Å²) in [6.45, 7) is 0.392. The van der Waals surface area contributed by atoms with Crippen LogP contribution in [0.15, 0.2) is 12.4 Å². The SMILES string of the molecule is O=C(O)CCn1cc(OC2CCCCC2)cn1. The van der Waals surface area contributed by atoms with Crippen LogP contribution in [0.4, 0.5) is 0 Å². The van der Waals surface area contributed by atoms with Crippen molar-refractivity contribution >= 4 is 5.97 Å². The number of hydrogen-bond acceptors (Lipinski definition) is 3. The van der Waals surface area contributed by atoms with Crippen LogP contribution in [0.25, 0.3) is 0 Å². The fourth-order valence-electron chi connectivity index (χ4n) is 2.11. The number of ether oxygens (including phenoxy) is 1. The van der Waals surface area contributed by atoms with Gasteiger partial charge in [-0.05, 0) is 25.7 Å². The van der Waals surface area contributed by atoms with E-state index in [1.165, 1.54) is 19.3 Å². The number of aromatic nitrogens is 2. The van der Waals surface area contributed by atoms with Gasteiger partial charge in [0.25, 0.3) is 0 Å². The van der Waals surface area contributed by atoms with Crippen molar-refractivity contribution in [1.82, 2.24) is 9.78 Å². The molecule has 0 unspecified atom stereocenters. The number of carbonyl (C=O) groups is 1. The third kappa shape index (κ3) is 3.76. The van der Waals surface area contributed by atoms with Crippen molar-refractivity contribution in [3.05, 3.63) is 12.4 Å². The lowest BCUT2D eigenvalue weighted by molar-refractivity contribution is -0.137. The zero-order valence-corrected chi connectivity index (χ0v) is 9.84. The lowest BCUT2D eigenvalue weighted by Crippen LogP contribution is -2.19. The number of aryl methyl sites for hydroxylation is 1. The van der Waals surface area contributed by atoms with E-state index in [0.29, 0.717) is 12.6 Å². The second-order valence-corrected chi connectivity index (χ2v) is 4.46. The predicted octanol–water partition coefficient (Wildman–Crippen LogP) is 2.07. The lowest BCUT2D eigenvalue weighted by Gasteiger charge is -2.21. The Morgan fingerprint density at radius 2 is 2.24 bits per heavy atom. The molecule has 1 aliphatic rings. The average molecular weight is 238 g/mol. The highest BCUT2D eigenvalue weighted by Gasteiger charge is 2.15. The minimum absolute atomic E-state index is 0.0878.